The van der Waals surface area contributed by atoms with Crippen LogP contribution in [0.4, 0.5) is 9.59 Å². The second-order valence-corrected chi connectivity index (χ2v) is 9.43. The van der Waals surface area contributed by atoms with Gasteiger partial charge in [0.1, 0.15) is 16.7 Å². The van der Waals surface area contributed by atoms with E-state index in [1.54, 1.807) is 59.7 Å². The zero-order valence-electron chi connectivity index (χ0n) is 16.5. The molecule has 1 aromatic rings. The molecule has 1 N–H and O–H groups in total. The minimum Gasteiger partial charge on any atom is -0.444 e. The van der Waals surface area contributed by atoms with Gasteiger partial charge in [0, 0.05) is 5.56 Å². The van der Waals surface area contributed by atoms with Crippen LogP contribution in [0.3, 0.4) is 0 Å². The molecule has 0 aromatic heterocycles. The number of hydrogen-bond donors (Lipinski definition) is 1. The van der Waals surface area contributed by atoms with Crippen LogP contribution in [-0.2, 0) is 15.0 Å². The van der Waals surface area contributed by atoms with E-state index in [-0.39, 0.29) is 13.1 Å². The molecule has 0 bridgehead atoms. The fraction of sp³-hybridized carbons (Fsp3) is 0.579. The number of carbonyl (C=O) groups excluding carboxylic acids is 2. The van der Waals surface area contributed by atoms with Crippen LogP contribution in [0.1, 0.15) is 47.1 Å². The van der Waals surface area contributed by atoms with Gasteiger partial charge in [0.25, 0.3) is 0 Å². The van der Waals surface area contributed by atoms with Gasteiger partial charge in [-0.3, -0.25) is 0 Å². The molecule has 6 nitrogen and oxygen atoms in total. The summed E-state index contributed by atoms with van der Waals surface area (Å²) in [7, 11) is 0. The van der Waals surface area contributed by atoms with Crippen molar-refractivity contribution in [2.45, 2.75) is 58.3 Å². The van der Waals surface area contributed by atoms with E-state index in [0.29, 0.717) is 15.6 Å². The maximum absolute atomic E-state index is 12.4. The minimum atomic E-state index is -0.902. The van der Waals surface area contributed by atoms with E-state index in [1.807, 2.05) is 0 Å². The van der Waals surface area contributed by atoms with E-state index in [0.717, 1.165) is 0 Å². The molecule has 0 radical (unpaired) electrons. The smallest absolute Gasteiger partial charge is 0.410 e. The van der Waals surface area contributed by atoms with Gasteiger partial charge in [-0.05, 0) is 47.6 Å². The summed E-state index contributed by atoms with van der Waals surface area (Å²) in [5, 5.41) is 3.57. The Labute approximate surface area is 170 Å². The van der Waals surface area contributed by atoms with Crippen molar-refractivity contribution in [1.29, 1.82) is 0 Å². The molecular formula is C19H26Cl2N2O4. The van der Waals surface area contributed by atoms with E-state index < -0.39 is 28.9 Å². The Kier molecular flexibility index (Phi) is 5.93. The number of alkyl carbamates (subject to hydrolysis) is 1. The van der Waals surface area contributed by atoms with E-state index in [4.69, 9.17) is 32.7 Å². The fourth-order valence-electron chi connectivity index (χ4n) is 2.75. The lowest BCUT2D eigenvalue weighted by Crippen LogP contribution is -2.69. The van der Waals surface area contributed by atoms with Crippen LogP contribution < -0.4 is 5.32 Å². The maximum atomic E-state index is 12.4. The van der Waals surface area contributed by atoms with Crippen molar-refractivity contribution in [2.75, 3.05) is 13.1 Å². The molecule has 1 fully saturated rings. The van der Waals surface area contributed by atoms with E-state index in [2.05, 4.69) is 5.32 Å². The number of halogens is 2. The number of carbonyl (C=O) groups is 2. The number of rotatable bonds is 2. The highest BCUT2D eigenvalue weighted by Crippen LogP contribution is 2.39. The van der Waals surface area contributed by atoms with Gasteiger partial charge in [-0.15, -0.1) is 0 Å². The lowest BCUT2D eigenvalue weighted by Gasteiger charge is -2.50. The predicted molar refractivity (Wildman–Crippen MR) is 105 cm³/mol. The van der Waals surface area contributed by atoms with Crippen molar-refractivity contribution in [3.63, 3.8) is 0 Å². The van der Waals surface area contributed by atoms with Crippen molar-refractivity contribution >= 4 is 35.4 Å². The Bertz CT molecular complexity index is 732. The van der Waals surface area contributed by atoms with Crippen LogP contribution in [0.2, 0.25) is 10.0 Å². The SMILES string of the molecule is CC(C)(C)OC(=O)NC1(c2cccc(Cl)c2Cl)CN(C(=O)OC(C)(C)C)C1. The summed E-state index contributed by atoms with van der Waals surface area (Å²) in [6.07, 6.45) is -1.05. The average Bonchev–Trinajstić information content (AvgIpc) is 2.41. The minimum absolute atomic E-state index is 0.196. The van der Waals surface area contributed by atoms with E-state index >= 15 is 0 Å². The molecule has 0 aliphatic carbocycles. The molecule has 1 aliphatic rings. The molecule has 0 spiro atoms. The molecular weight excluding hydrogens is 391 g/mol. The molecule has 27 heavy (non-hydrogen) atoms. The van der Waals surface area contributed by atoms with Gasteiger partial charge in [-0.2, -0.15) is 0 Å². The number of hydrogen-bond acceptors (Lipinski definition) is 4. The third kappa shape index (κ3) is 5.42. The van der Waals surface area contributed by atoms with Gasteiger partial charge in [0.15, 0.2) is 0 Å². The van der Waals surface area contributed by atoms with Crippen LogP contribution in [-0.4, -0.2) is 41.4 Å². The highest BCUT2D eigenvalue weighted by Gasteiger charge is 2.50. The summed E-state index contributed by atoms with van der Waals surface area (Å²) in [5.41, 5.74) is -1.54. The van der Waals surface area contributed by atoms with Crippen molar-refractivity contribution in [3.05, 3.63) is 33.8 Å². The van der Waals surface area contributed by atoms with Gasteiger partial charge in [-0.25, -0.2) is 9.59 Å². The molecule has 1 heterocycles. The van der Waals surface area contributed by atoms with Crippen LogP contribution >= 0.6 is 23.2 Å². The maximum Gasteiger partial charge on any atom is 0.410 e. The molecule has 0 saturated carbocycles. The molecule has 2 amide bonds. The first kappa shape index (κ1) is 21.6. The largest absolute Gasteiger partial charge is 0.444 e. The molecule has 150 valence electrons. The third-order valence-electron chi connectivity index (χ3n) is 3.78. The Balaban J connectivity index is 2.26. The molecule has 1 saturated heterocycles. The Morgan fingerprint density at radius 1 is 1.04 bits per heavy atom. The van der Waals surface area contributed by atoms with Crippen LogP contribution in [0.25, 0.3) is 0 Å². The van der Waals surface area contributed by atoms with Crippen LogP contribution in [0.5, 0.6) is 0 Å². The van der Waals surface area contributed by atoms with Gasteiger partial charge in [0.05, 0.1) is 23.1 Å². The predicted octanol–water partition coefficient (Wildman–Crippen LogP) is 4.96. The summed E-state index contributed by atoms with van der Waals surface area (Å²) in [6.45, 7) is 11.1. The third-order valence-corrected chi connectivity index (χ3v) is 4.60. The summed E-state index contributed by atoms with van der Waals surface area (Å²) in [5.74, 6) is 0. The number of benzene rings is 1. The highest BCUT2D eigenvalue weighted by atomic mass is 35.5. The first-order valence-corrected chi connectivity index (χ1v) is 9.42. The van der Waals surface area contributed by atoms with Crippen LogP contribution in [0, 0.1) is 0 Å². The number of nitrogens with zero attached hydrogens (tertiary/aromatic N) is 1. The number of amides is 2. The first-order chi connectivity index (χ1) is 12.2. The molecule has 0 atom stereocenters. The standard InChI is InChI=1S/C19H26Cl2N2O4/c1-17(2,3)26-15(24)22-19(12-8-7-9-13(20)14(12)21)10-23(11-19)16(25)27-18(4,5)6/h7-9H,10-11H2,1-6H3,(H,22,24). The lowest BCUT2D eigenvalue weighted by molar-refractivity contribution is -0.0229. The summed E-state index contributed by atoms with van der Waals surface area (Å²) >= 11 is 12.5. The Morgan fingerprint density at radius 2 is 1.59 bits per heavy atom. The topological polar surface area (TPSA) is 67.9 Å². The van der Waals surface area contributed by atoms with Crippen molar-refractivity contribution in [1.82, 2.24) is 10.2 Å². The quantitative estimate of drug-likeness (QED) is 0.738. The van der Waals surface area contributed by atoms with E-state index in [9.17, 15) is 9.59 Å². The zero-order valence-corrected chi connectivity index (χ0v) is 18.0. The Hall–Kier alpha value is -1.66. The number of ether oxygens (including phenoxy) is 2. The van der Waals surface area contributed by atoms with Gasteiger partial charge >= 0.3 is 12.2 Å². The monoisotopic (exact) mass is 416 g/mol. The fourth-order valence-corrected chi connectivity index (χ4v) is 3.23. The van der Waals surface area contributed by atoms with Crippen molar-refractivity contribution in [2.24, 2.45) is 0 Å². The highest BCUT2D eigenvalue weighted by molar-refractivity contribution is 6.42. The summed E-state index contributed by atoms with van der Waals surface area (Å²) in [6, 6.07) is 5.19. The van der Waals surface area contributed by atoms with E-state index in [1.165, 1.54) is 4.90 Å². The molecule has 1 aromatic carbocycles. The van der Waals surface area contributed by atoms with Crippen molar-refractivity contribution in [3.8, 4) is 0 Å². The molecule has 0 unspecified atom stereocenters. The second-order valence-electron chi connectivity index (χ2n) is 8.65. The Morgan fingerprint density at radius 3 is 2.11 bits per heavy atom. The summed E-state index contributed by atoms with van der Waals surface area (Å²) < 4.78 is 10.8. The van der Waals surface area contributed by atoms with Crippen LogP contribution in [0.15, 0.2) is 18.2 Å². The molecule has 2 rings (SSSR count). The normalized spacial score (nSPS) is 16.4. The average molecular weight is 417 g/mol. The first-order valence-electron chi connectivity index (χ1n) is 8.66. The lowest BCUT2D eigenvalue weighted by atomic mass is 9.82. The molecule has 8 heteroatoms. The number of likely N-dealkylation sites (tertiary alicyclic amines) is 1. The van der Waals surface area contributed by atoms with Crippen molar-refractivity contribution < 1.29 is 19.1 Å². The van der Waals surface area contributed by atoms with Gasteiger partial charge < -0.3 is 19.7 Å². The zero-order chi connectivity index (χ0) is 20.6. The van der Waals surface area contributed by atoms with Gasteiger partial charge in [-0.1, -0.05) is 35.3 Å². The molecule has 1 aliphatic heterocycles. The number of nitrogens with one attached hydrogen (secondary N) is 1. The second kappa shape index (κ2) is 7.40. The van der Waals surface area contributed by atoms with Gasteiger partial charge in [0.2, 0.25) is 0 Å². The summed E-state index contributed by atoms with van der Waals surface area (Å²) in [4.78, 5) is 26.2.